The van der Waals surface area contributed by atoms with E-state index < -0.39 is 57.2 Å². The average molecular weight is 398 g/mol. The summed E-state index contributed by atoms with van der Waals surface area (Å²) in [5.74, 6) is 0. The molecule has 6 nitrogen and oxygen atoms in total. The van der Waals surface area contributed by atoms with Crippen LogP contribution < -0.4 is 8.61 Å². The lowest BCUT2D eigenvalue weighted by atomic mass is 10.3. The Kier molecular flexibility index (Phi) is 4.00. The highest BCUT2D eigenvalue weighted by molar-refractivity contribution is 7.95. The van der Waals surface area contributed by atoms with Crippen LogP contribution in [0.25, 0.3) is 0 Å². The van der Waals surface area contributed by atoms with Crippen LogP contribution in [0.1, 0.15) is 6.92 Å². The van der Waals surface area contributed by atoms with E-state index in [-0.39, 0.29) is 0 Å². The molecular formula is C10H8F6N2O4S2. The van der Waals surface area contributed by atoms with Crippen LogP contribution in [0.3, 0.4) is 0 Å². The van der Waals surface area contributed by atoms with Gasteiger partial charge in [0.05, 0.1) is 11.4 Å². The highest BCUT2D eigenvalue weighted by atomic mass is 32.2. The highest BCUT2D eigenvalue weighted by Gasteiger charge is 2.60. The first-order chi connectivity index (χ1) is 10.6. The molecule has 0 atom stereocenters. The lowest BCUT2D eigenvalue weighted by Gasteiger charge is -2.29. The predicted octanol–water partition coefficient (Wildman–Crippen LogP) is 2.36. The molecule has 1 aliphatic heterocycles. The summed E-state index contributed by atoms with van der Waals surface area (Å²) in [4.78, 5) is 0. The highest BCUT2D eigenvalue weighted by Crippen LogP contribution is 2.47. The number of rotatable bonds is 2. The van der Waals surface area contributed by atoms with Crippen molar-refractivity contribution in [2.45, 2.75) is 24.1 Å². The second kappa shape index (κ2) is 5.15. The van der Waals surface area contributed by atoms with Crippen LogP contribution in [0.4, 0.5) is 37.7 Å². The van der Waals surface area contributed by atoms with Crippen LogP contribution in [-0.4, -0.2) is 34.0 Å². The van der Waals surface area contributed by atoms with Gasteiger partial charge < -0.3 is 0 Å². The maximum atomic E-state index is 12.8. The van der Waals surface area contributed by atoms with Crippen LogP contribution in [0, 0.1) is 0 Å². The fourth-order valence-electron chi connectivity index (χ4n) is 2.22. The molecule has 0 amide bonds. The van der Waals surface area contributed by atoms with Crippen molar-refractivity contribution in [3.8, 4) is 0 Å². The normalized spacial score (nSPS) is 17.3. The molecule has 0 spiro atoms. The number of halogens is 6. The molecule has 1 heterocycles. The zero-order chi connectivity index (χ0) is 18.7. The van der Waals surface area contributed by atoms with Gasteiger partial charge >= 0.3 is 31.1 Å². The molecule has 1 aromatic carbocycles. The Hall–Kier alpha value is -1.70. The van der Waals surface area contributed by atoms with Crippen molar-refractivity contribution in [3.63, 3.8) is 0 Å². The minimum Gasteiger partial charge on any atom is -0.238 e. The van der Waals surface area contributed by atoms with E-state index in [0.717, 1.165) is 24.3 Å². The minimum atomic E-state index is -6.12. The Balaban J connectivity index is 2.75. The summed E-state index contributed by atoms with van der Waals surface area (Å²) in [7, 11) is -12.2. The van der Waals surface area contributed by atoms with Gasteiger partial charge in [-0.2, -0.15) is 43.2 Å². The van der Waals surface area contributed by atoms with Gasteiger partial charge in [-0.15, -0.1) is 0 Å². The molecule has 1 aromatic rings. The van der Waals surface area contributed by atoms with Crippen molar-refractivity contribution >= 4 is 31.4 Å². The number of benzene rings is 1. The molecule has 2 rings (SSSR count). The molecule has 24 heavy (non-hydrogen) atoms. The number of hydrogen-bond donors (Lipinski definition) is 0. The molecule has 136 valence electrons. The van der Waals surface area contributed by atoms with Crippen molar-refractivity contribution in [2.24, 2.45) is 0 Å². The molecule has 0 bridgehead atoms. The third-order valence-electron chi connectivity index (χ3n) is 3.14. The fourth-order valence-corrected chi connectivity index (χ4v) is 4.54. The number of alkyl halides is 6. The van der Waals surface area contributed by atoms with Crippen molar-refractivity contribution in [3.05, 3.63) is 24.3 Å². The Morgan fingerprint density at radius 3 is 1.33 bits per heavy atom. The molecule has 0 radical (unpaired) electrons. The first-order valence-electron chi connectivity index (χ1n) is 5.94. The number of fused-ring (bicyclic) bond motifs is 1. The van der Waals surface area contributed by atoms with Crippen LogP contribution >= 0.6 is 0 Å². The molecular weight excluding hydrogens is 390 g/mol. The Morgan fingerprint density at radius 1 is 0.792 bits per heavy atom. The predicted molar refractivity (Wildman–Crippen MR) is 70.8 cm³/mol. The maximum absolute atomic E-state index is 12.8. The summed E-state index contributed by atoms with van der Waals surface area (Å²) in [5.41, 5.74) is -13.3. The van der Waals surface area contributed by atoms with E-state index in [0.29, 0.717) is 6.92 Å². The van der Waals surface area contributed by atoms with Gasteiger partial charge in [0.1, 0.15) is 6.17 Å². The van der Waals surface area contributed by atoms with Crippen molar-refractivity contribution in [1.82, 2.24) is 0 Å². The molecule has 0 aromatic heterocycles. The third-order valence-corrected chi connectivity index (χ3v) is 6.35. The summed E-state index contributed by atoms with van der Waals surface area (Å²) in [5, 5.41) is 0. The van der Waals surface area contributed by atoms with Crippen LogP contribution in [0.2, 0.25) is 0 Å². The van der Waals surface area contributed by atoms with Gasteiger partial charge in [-0.05, 0) is 19.1 Å². The summed E-state index contributed by atoms with van der Waals surface area (Å²) < 4.78 is 123. The van der Waals surface area contributed by atoms with Gasteiger partial charge in [-0.1, -0.05) is 12.1 Å². The number of hydrogen-bond acceptors (Lipinski definition) is 4. The summed E-state index contributed by atoms with van der Waals surface area (Å²) in [6.07, 6.45) is -2.29. The molecule has 0 saturated heterocycles. The van der Waals surface area contributed by atoms with Gasteiger partial charge in [-0.3, -0.25) is 0 Å². The van der Waals surface area contributed by atoms with Crippen LogP contribution in [0.5, 0.6) is 0 Å². The molecule has 0 N–H and O–H groups in total. The van der Waals surface area contributed by atoms with Gasteiger partial charge in [0, 0.05) is 0 Å². The SMILES string of the molecule is CC1N(S(=O)(=O)C(F)(F)F)c2ccccc2N1S(=O)(=O)C(F)(F)F. The van der Waals surface area contributed by atoms with Gasteiger partial charge in [-0.25, -0.2) is 8.61 Å². The van der Waals surface area contributed by atoms with Gasteiger partial charge in [0.25, 0.3) is 0 Å². The summed E-state index contributed by atoms with van der Waals surface area (Å²) >= 11 is 0. The number of sulfonamides is 2. The summed E-state index contributed by atoms with van der Waals surface area (Å²) in [6, 6.07) is 3.68. The number of para-hydroxylation sites is 2. The van der Waals surface area contributed by atoms with E-state index in [2.05, 4.69) is 0 Å². The quantitative estimate of drug-likeness (QED) is 0.717. The Morgan fingerprint density at radius 2 is 1.08 bits per heavy atom. The van der Waals surface area contributed by atoms with Crippen molar-refractivity contribution < 1.29 is 43.2 Å². The van der Waals surface area contributed by atoms with E-state index in [1.165, 1.54) is 0 Å². The standard InChI is InChI=1S/C10H8F6N2O4S2/c1-6-17(23(19,20)9(11,12)13)7-4-2-3-5-8(7)18(6)24(21,22)10(14,15)16/h2-6H,1H3. The molecule has 1 aliphatic rings. The van der Waals surface area contributed by atoms with E-state index in [9.17, 15) is 43.2 Å². The number of nitrogens with zero attached hydrogens (tertiary/aromatic N) is 2. The van der Waals surface area contributed by atoms with Crippen LogP contribution in [-0.2, 0) is 20.0 Å². The van der Waals surface area contributed by atoms with E-state index in [1.807, 2.05) is 0 Å². The molecule has 14 heteroatoms. The van der Waals surface area contributed by atoms with Crippen molar-refractivity contribution in [2.75, 3.05) is 8.61 Å². The smallest absolute Gasteiger partial charge is 0.238 e. The van der Waals surface area contributed by atoms with E-state index in [1.54, 1.807) is 0 Å². The minimum absolute atomic E-state index is 0.397. The zero-order valence-electron chi connectivity index (χ0n) is 11.5. The van der Waals surface area contributed by atoms with Gasteiger partial charge in [0.15, 0.2) is 0 Å². The molecule has 0 saturated carbocycles. The van der Waals surface area contributed by atoms with Crippen LogP contribution in [0.15, 0.2) is 24.3 Å². The Labute approximate surface area is 132 Å². The first kappa shape index (κ1) is 18.6. The molecule has 0 aliphatic carbocycles. The average Bonchev–Trinajstić information content (AvgIpc) is 2.68. The Bertz CT molecular complexity index is 791. The second-order valence-electron chi connectivity index (χ2n) is 4.61. The topological polar surface area (TPSA) is 74.8 Å². The van der Waals surface area contributed by atoms with E-state index >= 15 is 0 Å². The second-order valence-corrected chi connectivity index (χ2v) is 8.23. The first-order valence-corrected chi connectivity index (χ1v) is 8.82. The third kappa shape index (κ3) is 2.47. The zero-order valence-corrected chi connectivity index (χ0v) is 13.1. The monoisotopic (exact) mass is 398 g/mol. The largest absolute Gasteiger partial charge is 0.516 e. The lowest BCUT2D eigenvalue weighted by Crippen LogP contribution is -2.52. The maximum Gasteiger partial charge on any atom is 0.516 e. The van der Waals surface area contributed by atoms with Gasteiger partial charge in [0.2, 0.25) is 0 Å². The van der Waals surface area contributed by atoms with E-state index in [4.69, 9.17) is 0 Å². The molecule has 0 fully saturated rings. The lowest BCUT2D eigenvalue weighted by molar-refractivity contribution is -0.0440. The van der Waals surface area contributed by atoms with Crippen molar-refractivity contribution in [1.29, 1.82) is 0 Å². The summed E-state index contributed by atoms with van der Waals surface area (Å²) in [6.45, 7) is 0.604. The molecule has 0 unspecified atom stereocenters. The fraction of sp³-hybridized carbons (Fsp3) is 0.400. The number of anilines is 2.